The van der Waals surface area contributed by atoms with Crippen molar-refractivity contribution in [1.29, 1.82) is 0 Å². The molecule has 2 fully saturated rings. The predicted molar refractivity (Wildman–Crippen MR) is 233 cm³/mol. The number of H-pyrrole nitrogens is 1. The number of amides is 2. The number of imidazole rings is 1. The third kappa shape index (κ3) is 7.87. The Morgan fingerprint density at radius 3 is 1.55 bits per heavy atom. The lowest BCUT2D eigenvalue weighted by molar-refractivity contribution is -0.138. The highest BCUT2D eigenvalue weighted by molar-refractivity contribution is 5.85. The molecular weight excluding hydrogens is 717 g/mol. The number of aryl methyl sites for hydroxylation is 1. The number of nitrogens with zero attached hydrogens (tertiary/aromatic N) is 5. The summed E-state index contributed by atoms with van der Waals surface area (Å²) in [4.78, 5) is 44.4. The van der Waals surface area contributed by atoms with E-state index in [1.807, 2.05) is 110 Å². The molecule has 0 saturated carbocycles. The molecule has 0 bridgehead atoms. The lowest BCUT2D eigenvalue weighted by atomic mass is 9.93. The SMILES string of the molecule is Cc1cc(-c2ccc(-c3ccc(-c4cnc([C@@H]5CCCN5C(=O)[C@@H](c5ccccc5)N(C)C)[nH]4)cc3)cc2)ccc1[C@@H]1CCCN1C(=O)[C@@H](c1ccccc1)N(C)C. The van der Waals surface area contributed by atoms with E-state index < -0.39 is 0 Å². The first-order valence-corrected chi connectivity index (χ1v) is 20.6. The van der Waals surface area contributed by atoms with Gasteiger partial charge < -0.3 is 14.8 Å². The first kappa shape index (κ1) is 39.0. The van der Waals surface area contributed by atoms with Gasteiger partial charge in [0.25, 0.3) is 0 Å². The van der Waals surface area contributed by atoms with Crippen LogP contribution >= 0.6 is 0 Å². The van der Waals surface area contributed by atoms with Gasteiger partial charge in [0.15, 0.2) is 0 Å². The molecule has 1 N–H and O–H groups in total. The molecular formula is C50H54N6O2. The summed E-state index contributed by atoms with van der Waals surface area (Å²) < 4.78 is 0. The van der Waals surface area contributed by atoms with E-state index in [0.717, 1.165) is 83.7 Å². The minimum atomic E-state index is -0.337. The van der Waals surface area contributed by atoms with Crippen molar-refractivity contribution >= 4 is 11.8 Å². The van der Waals surface area contributed by atoms with Gasteiger partial charge in [-0.2, -0.15) is 0 Å². The summed E-state index contributed by atoms with van der Waals surface area (Å²) in [6.45, 7) is 3.68. The summed E-state index contributed by atoms with van der Waals surface area (Å²) in [5.74, 6) is 1.12. The van der Waals surface area contributed by atoms with Gasteiger partial charge in [-0.05, 0) is 111 Å². The fourth-order valence-corrected chi connectivity index (χ4v) is 9.16. The van der Waals surface area contributed by atoms with Crippen molar-refractivity contribution in [1.82, 2.24) is 29.6 Å². The standard InChI is InChI=1S/C50H54N6O2/c1-34-32-41(28-29-42(34)44-18-12-30-55(44)49(57)46(53(2)3)39-14-8-6-9-15-39)37-22-20-35(21-23-37)36-24-26-38(27-25-36)43-33-51-48(52-43)45-19-13-31-56(45)50(58)47(54(4)5)40-16-10-7-11-17-40/h6-11,14-17,20-29,32-33,44-47H,12-13,18-19,30-31H2,1-5H3,(H,51,52)/t44-,45-,46+,47+/m0/s1. The van der Waals surface area contributed by atoms with Crippen molar-refractivity contribution < 1.29 is 9.59 Å². The maximum Gasteiger partial charge on any atom is 0.245 e. The molecule has 8 rings (SSSR count). The summed E-state index contributed by atoms with van der Waals surface area (Å²) in [5, 5.41) is 0. The van der Waals surface area contributed by atoms with Gasteiger partial charge >= 0.3 is 0 Å². The van der Waals surface area contributed by atoms with Crippen LogP contribution in [0.5, 0.6) is 0 Å². The Hall–Kier alpha value is -5.83. The number of likely N-dealkylation sites (N-methyl/N-ethyl adjacent to an activating group) is 2. The second-order valence-electron chi connectivity index (χ2n) is 16.3. The Morgan fingerprint density at radius 2 is 1.05 bits per heavy atom. The van der Waals surface area contributed by atoms with Crippen molar-refractivity contribution in [3.63, 3.8) is 0 Å². The number of benzene rings is 5. The zero-order valence-corrected chi connectivity index (χ0v) is 34.3. The Morgan fingerprint density at radius 1 is 0.603 bits per heavy atom. The van der Waals surface area contributed by atoms with Crippen molar-refractivity contribution in [2.45, 2.75) is 56.8 Å². The van der Waals surface area contributed by atoms with E-state index in [0.29, 0.717) is 0 Å². The van der Waals surface area contributed by atoms with Crippen LogP contribution in [-0.4, -0.2) is 82.7 Å². The van der Waals surface area contributed by atoms with Crippen LogP contribution in [0.3, 0.4) is 0 Å². The van der Waals surface area contributed by atoms with Crippen LogP contribution in [0.4, 0.5) is 0 Å². The van der Waals surface area contributed by atoms with Crippen LogP contribution in [0.2, 0.25) is 0 Å². The lowest BCUT2D eigenvalue weighted by Crippen LogP contribution is -2.40. The number of hydrogen-bond donors (Lipinski definition) is 1. The molecule has 8 heteroatoms. The number of likely N-dealkylation sites (tertiary alicyclic amines) is 2. The van der Waals surface area contributed by atoms with Gasteiger partial charge in [0, 0.05) is 13.1 Å². The Bertz CT molecular complexity index is 2340. The van der Waals surface area contributed by atoms with Gasteiger partial charge in [0.1, 0.15) is 17.9 Å². The van der Waals surface area contributed by atoms with Crippen molar-refractivity contribution in [3.8, 4) is 33.5 Å². The van der Waals surface area contributed by atoms with Gasteiger partial charge in [0.05, 0.1) is 24.0 Å². The van der Waals surface area contributed by atoms with E-state index in [4.69, 9.17) is 4.98 Å². The molecule has 2 amide bonds. The van der Waals surface area contributed by atoms with Crippen LogP contribution in [0.1, 0.15) is 77.9 Å². The molecule has 2 saturated heterocycles. The average molecular weight is 771 g/mol. The smallest absolute Gasteiger partial charge is 0.245 e. The zero-order valence-electron chi connectivity index (χ0n) is 34.3. The van der Waals surface area contributed by atoms with Crippen molar-refractivity contribution in [2.75, 3.05) is 41.3 Å². The maximum atomic E-state index is 14.0. The quantitative estimate of drug-likeness (QED) is 0.142. The van der Waals surface area contributed by atoms with Gasteiger partial charge in [-0.25, -0.2) is 4.98 Å². The molecule has 0 spiro atoms. The van der Waals surface area contributed by atoms with Gasteiger partial charge in [0.2, 0.25) is 11.8 Å². The maximum absolute atomic E-state index is 14.0. The minimum absolute atomic E-state index is 0.0763. The number of aromatic amines is 1. The number of carbonyl (C=O) groups excluding carboxylic acids is 2. The average Bonchev–Trinajstić information content (AvgIpc) is 4.04. The molecule has 3 heterocycles. The van der Waals surface area contributed by atoms with Gasteiger partial charge in [-0.15, -0.1) is 0 Å². The van der Waals surface area contributed by atoms with Crippen LogP contribution in [0.15, 0.2) is 134 Å². The zero-order chi connectivity index (χ0) is 40.3. The second-order valence-corrected chi connectivity index (χ2v) is 16.3. The largest absolute Gasteiger partial charge is 0.340 e. The number of aromatic nitrogens is 2. The van der Waals surface area contributed by atoms with E-state index in [1.165, 1.54) is 16.7 Å². The highest BCUT2D eigenvalue weighted by atomic mass is 16.2. The Labute approximate surface area is 343 Å². The number of carbonyl (C=O) groups is 2. The van der Waals surface area contributed by atoms with Crippen LogP contribution < -0.4 is 0 Å². The summed E-state index contributed by atoms with van der Waals surface area (Å²) in [5.41, 5.74) is 11.1. The number of hydrogen-bond acceptors (Lipinski definition) is 5. The van der Waals surface area contributed by atoms with E-state index in [2.05, 4.69) is 83.5 Å². The summed E-state index contributed by atoms with van der Waals surface area (Å²) in [6.07, 6.45) is 5.71. The molecule has 0 aliphatic carbocycles. The van der Waals surface area contributed by atoms with E-state index in [1.54, 1.807) is 0 Å². The molecule has 8 nitrogen and oxygen atoms in total. The molecule has 58 heavy (non-hydrogen) atoms. The number of nitrogens with one attached hydrogen (secondary N) is 1. The first-order valence-electron chi connectivity index (χ1n) is 20.6. The highest BCUT2D eigenvalue weighted by Crippen LogP contribution is 2.39. The molecule has 296 valence electrons. The molecule has 5 aromatic carbocycles. The minimum Gasteiger partial charge on any atom is -0.340 e. The monoisotopic (exact) mass is 770 g/mol. The fraction of sp³-hybridized carbons (Fsp3) is 0.300. The van der Waals surface area contributed by atoms with Crippen LogP contribution in [-0.2, 0) is 9.59 Å². The topological polar surface area (TPSA) is 75.8 Å². The molecule has 2 aliphatic rings. The predicted octanol–water partition coefficient (Wildman–Crippen LogP) is 9.65. The molecule has 1 aromatic heterocycles. The number of rotatable bonds is 11. The fourth-order valence-electron chi connectivity index (χ4n) is 9.16. The first-order chi connectivity index (χ1) is 28.2. The van der Waals surface area contributed by atoms with Gasteiger partial charge in [-0.1, -0.05) is 127 Å². The van der Waals surface area contributed by atoms with E-state index in [-0.39, 0.29) is 36.0 Å². The summed E-state index contributed by atoms with van der Waals surface area (Å²) >= 11 is 0. The van der Waals surface area contributed by atoms with Crippen LogP contribution in [0, 0.1) is 6.92 Å². The third-order valence-electron chi connectivity index (χ3n) is 12.1. The summed E-state index contributed by atoms with van der Waals surface area (Å²) in [6, 6.07) is 43.5. The second kappa shape index (κ2) is 16.9. The van der Waals surface area contributed by atoms with E-state index in [9.17, 15) is 9.59 Å². The Kier molecular flexibility index (Phi) is 11.4. The van der Waals surface area contributed by atoms with Crippen LogP contribution in [0.25, 0.3) is 33.5 Å². The third-order valence-corrected chi connectivity index (χ3v) is 12.1. The van der Waals surface area contributed by atoms with E-state index >= 15 is 0 Å². The molecule has 2 aliphatic heterocycles. The molecule has 4 atom stereocenters. The normalized spacial score (nSPS) is 17.9. The lowest BCUT2D eigenvalue weighted by Gasteiger charge is -2.33. The Balaban J connectivity index is 0.935. The summed E-state index contributed by atoms with van der Waals surface area (Å²) in [7, 11) is 7.90. The van der Waals surface area contributed by atoms with Crippen molar-refractivity contribution in [3.05, 3.63) is 162 Å². The molecule has 0 radical (unpaired) electrons. The molecule has 6 aromatic rings. The van der Waals surface area contributed by atoms with Gasteiger partial charge in [-0.3, -0.25) is 19.4 Å². The highest BCUT2D eigenvalue weighted by Gasteiger charge is 2.38. The molecule has 0 unspecified atom stereocenters. The van der Waals surface area contributed by atoms with Crippen molar-refractivity contribution in [2.24, 2.45) is 0 Å².